The minimum absolute atomic E-state index is 0.236. The second kappa shape index (κ2) is 8.51. The molecule has 1 rings (SSSR count). The van der Waals surface area contributed by atoms with Crippen LogP contribution in [0.3, 0.4) is 0 Å². The van der Waals surface area contributed by atoms with E-state index in [2.05, 4.69) is 25.2 Å². The Bertz CT molecular complexity index is 317. The Kier molecular flexibility index (Phi) is 7.25. The van der Waals surface area contributed by atoms with Gasteiger partial charge < -0.3 is 10.1 Å². The van der Waals surface area contributed by atoms with Gasteiger partial charge in [0.25, 0.3) is 0 Å². The summed E-state index contributed by atoms with van der Waals surface area (Å²) in [5, 5.41) is 4.27. The van der Waals surface area contributed by atoms with Crippen LogP contribution in [-0.4, -0.2) is 19.8 Å². The fourth-order valence-corrected chi connectivity index (χ4v) is 1.86. The van der Waals surface area contributed by atoms with E-state index >= 15 is 0 Å². The van der Waals surface area contributed by atoms with Crippen molar-refractivity contribution in [3.8, 4) is 0 Å². The minimum Gasteiger partial charge on any atom is -0.379 e. The van der Waals surface area contributed by atoms with Crippen LogP contribution in [0.25, 0.3) is 0 Å². The highest BCUT2D eigenvalue weighted by atomic mass is 35.5. The second-order valence-electron chi connectivity index (χ2n) is 4.14. The first-order valence-electron chi connectivity index (χ1n) is 6.34. The van der Waals surface area contributed by atoms with Crippen LogP contribution in [0.1, 0.15) is 38.3 Å². The smallest absolute Gasteiger partial charge is 0.0661 e. The summed E-state index contributed by atoms with van der Waals surface area (Å²) in [4.78, 5) is 0. The molecule has 1 aromatic carbocycles. The number of ether oxygens (including phenoxy) is 1. The van der Waals surface area contributed by atoms with E-state index in [1.165, 1.54) is 5.56 Å². The van der Waals surface area contributed by atoms with Crippen molar-refractivity contribution in [2.45, 2.75) is 32.7 Å². The van der Waals surface area contributed by atoms with Gasteiger partial charge in [-0.1, -0.05) is 37.6 Å². The molecule has 0 saturated carbocycles. The second-order valence-corrected chi connectivity index (χ2v) is 4.57. The van der Waals surface area contributed by atoms with Crippen molar-refractivity contribution in [1.29, 1.82) is 0 Å². The largest absolute Gasteiger partial charge is 0.379 e. The normalized spacial score (nSPS) is 12.6. The molecule has 0 spiro atoms. The zero-order chi connectivity index (χ0) is 12.5. The summed E-state index contributed by atoms with van der Waals surface area (Å²) in [5.74, 6) is 0. The van der Waals surface area contributed by atoms with Crippen LogP contribution in [-0.2, 0) is 4.74 Å². The lowest BCUT2D eigenvalue weighted by Gasteiger charge is -2.19. The molecule has 0 aliphatic rings. The van der Waals surface area contributed by atoms with Crippen molar-refractivity contribution in [3.63, 3.8) is 0 Å². The van der Waals surface area contributed by atoms with Crippen LogP contribution in [0, 0.1) is 0 Å². The van der Waals surface area contributed by atoms with Gasteiger partial charge in [0, 0.05) is 11.6 Å². The molecule has 3 heteroatoms. The van der Waals surface area contributed by atoms with Gasteiger partial charge in [0.15, 0.2) is 0 Å². The molecule has 0 bridgehead atoms. The lowest BCUT2D eigenvalue weighted by molar-refractivity contribution is 0.112. The fraction of sp³-hybridized carbons (Fsp3) is 0.571. The number of hydrogen-bond acceptors (Lipinski definition) is 2. The van der Waals surface area contributed by atoms with Crippen molar-refractivity contribution in [3.05, 3.63) is 34.9 Å². The molecule has 0 amide bonds. The predicted molar refractivity (Wildman–Crippen MR) is 73.6 cm³/mol. The lowest BCUT2D eigenvalue weighted by atomic mass is 10.1. The SMILES string of the molecule is CCCNC(COCCC)c1cccc(Cl)c1. The molecular weight excluding hydrogens is 234 g/mol. The van der Waals surface area contributed by atoms with E-state index in [-0.39, 0.29) is 6.04 Å². The third kappa shape index (κ3) is 5.53. The van der Waals surface area contributed by atoms with Gasteiger partial charge in [-0.05, 0) is 37.1 Å². The summed E-state index contributed by atoms with van der Waals surface area (Å²) in [5.41, 5.74) is 1.20. The van der Waals surface area contributed by atoms with Gasteiger partial charge in [-0.25, -0.2) is 0 Å². The summed E-state index contributed by atoms with van der Waals surface area (Å²) < 4.78 is 5.63. The van der Waals surface area contributed by atoms with Crippen LogP contribution in [0.4, 0.5) is 0 Å². The highest BCUT2D eigenvalue weighted by Gasteiger charge is 2.10. The zero-order valence-corrected chi connectivity index (χ0v) is 11.5. The molecule has 1 aromatic rings. The fourth-order valence-electron chi connectivity index (χ4n) is 1.66. The monoisotopic (exact) mass is 255 g/mol. The summed E-state index contributed by atoms with van der Waals surface area (Å²) in [6.45, 7) is 6.79. The van der Waals surface area contributed by atoms with Gasteiger partial charge in [-0.15, -0.1) is 0 Å². The molecule has 17 heavy (non-hydrogen) atoms. The van der Waals surface area contributed by atoms with Crippen molar-refractivity contribution in [2.75, 3.05) is 19.8 Å². The van der Waals surface area contributed by atoms with Crippen LogP contribution in [0.5, 0.6) is 0 Å². The van der Waals surface area contributed by atoms with Crippen molar-refractivity contribution in [2.24, 2.45) is 0 Å². The average Bonchev–Trinajstić information content (AvgIpc) is 2.33. The molecule has 0 saturated heterocycles. The van der Waals surface area contributed by atoms with Gasteiger partial charge in [-0.3, -0.25) is 0 Å². The lowest BCUT2D eigenvalue weighted by Crippen LogP contribution is -2.26. The first-order chi connectivity index (χ1) is 8.27. The molecule has 0 aromatic heterocycles. The minimum atomic E-state index is 0.236. The van der Waals surface area contributed by atoms with E-state index in [4.69, 9.17) is 16.3 Å². The standard InChI is InChI=1S/C14H22ClNO/c1-3-8-16-14(11-17-9-4-2)12-6-5-7-13(15)10-12/h5-7,10,14,16H,3-4,8-9,11H2,1-2H3. The molecule has 0 fully saturated rings. The van der Waals surface area contributed by atoms with Crippen molar-refractivity contribution < 1.29 is 4.74 Å². The van der Waals surface area contributed by atoms with E-state index in [0.29, 0.717) is 6.61 Å². The summed E-state index contributed by atoms with van der Waals surface area (Å²) in [7, 11) is 0. The first kappa shape index (κ1) is 14.5. The van der Waals surface area contributed by atoms with Gasteiger partial charge in [-0.2, -0.15) is 0 Å². The van der Waals surface area contributed by atoms with Crippen molar-refractivity contribution >= 4 is 11.6 Å². The van der Waals surface area contributed by atoms with E-state index in [9.17, 15) is 0 Å². The Morgan fingerprint density at radius 2 is 2.12 bits per heavy atom. The Hall–Kier alpha value is -0.570. The van der Waals surface area contributed by atoms with Crippen LogP contribution < -0.4 is 5.32 Å². The van der Waals surface area contributed by atoms with Crippen LogP contribution >= 0.6 is 11.6 Å². The number of rotatable bonds is 8. The topological polar surface area (TPSA) is 21.3 Å². The molecule has 96 valence electrons. The summed E-state index contributed by atoms with van der Waals surface area (Å²) >= 11 is 6.02. The van der Waals surface area contributed by atoms with Gasteiger partial charge in [0.1, 0.15) is 0 Å². The Morgan fingerprint density at radius 3 is 2.76 bits per heavy atom. The van der Waals surface area contributed by atoms with Crippen LogP contribution in [0.2, 0.25) is 5.02 Å². The maximum atomic E-state index is 6.02. The Labute approximate surface area is 109 Å². The zero-order valence-electron chi connectivity index (χ0n) is 10.7. The number of hydrogen-bond donors (Lipinski definition) is 1. The molecule has 1 unspecified atom stereocenters. The molecule has 2 nitrogen and oxygen atoms in total. The number of nitrogens with one attached hydrogen (secondary N) is 1. The van der Waals surface area contributed by atoms with E-state index in [1.807, 2.05) is 18.2 Å². The highest BCUT2D eigenvalue weighted by molar-refractivity contribution is 6.30. The van der Waals surface area contributed by atoms with Gasteiger partial charge in [0.05, 0.1) is 12.6 Å². The van der Waals surface area contributed by atoms with Crippen molar-refractivity contribution in [1.82, 2.24) is 5.32 Å². The summed E-state index contributed by atoms with van der Waals surface area (Å²) in [6, 6.07) is 8.21. The molecule has 0 radical (unpaired) electrons. The van der Waals surface area contributed by atoms with Gasteiger partial charge in [0.2, 0.25) is 0 Å². The highest BCUT2D eigenvalue weighted by Crippen LogP contribution is 2.18. The number of benzene rings is 1. The Morgan fingerprint density at radius 1 is 1.29 bits per heavy atom. The first-order valence-corrected chi connectivity index (χ1v) is 6.72. The molecule has 0 aliphatic carbocycles. The van der Waals surface area contributed by atoms with E-state index in [0.717, 1.165) is 31.0 Å². The maximum absolute atomic E-state index is 6.02. The van der Waals surface area contributed by atoms with E-state index < -0.39 is 0 Å². The maximum Gasteiger partial charge on any atom is 0.0661 e. The average molecular weight is 256 g/mol. The predicted octanol–water partition coefficient (Wildman–Crippen LogP) is 3.81. The molecule has 0 aliphatic heterocycles. The van der Waals surface area contributed by atoms with Gasteiger partial charge >= 0.3 is 0 Å². The van der Waals surface area contributed by atoms with E-state index in [1.54, 1.807) is 0 Å². The molecule has 0 heterocycles. The van der Waals surface area contributed by atoms with Crippen LogP contribution in [0.15, 0.2) is 24.3 Å². The number of halogens is 1. The Balaban J connectivity index is 2.60. The third-order valence-corrected chi connectivity index (χ3v) is 2.76. The quantitative estimate of drug-likeness (QED) is 0.714. The molecule has 1 atom stereocenters. The molecule has 1 N–H and O–H groups in total. The third-order valence-electron chi connectivity index (χ3n) is 2.52. The molecular formula is C14H22ClNO. The summed E-state index contributed by atoms with van der Waals surface area (Å²) in [6.07, 6.45) is 2.17.